The molecule has 2 aromatic rings. The number of ether oxygens (including phenoxy) is 1. The van der Waals surface area contributed by atoms with Crippen molar-refractivity contribution in [2.24, 2.45) is 5.73 Å². The average molecular weight is 401 g/mol. The van der Waals surface area contributed by atoms with Crippen LogP contribution in [0.4, 0.5) is 4.39 Å². The van der Waals surface area contributed by atoms with E-state index in [1.165, 1.54) is 12.1 Å². The van der Waals surface area contributed by atoms with E-state index in [1.807, 2.05) is 6.92 Å². The molecule has 2 heterocycles. The van der Waals surface area contributed by atoms with Crippen LogP contribution in [0.25, 0.3) is 11.3 Å². The van der Waals surface area contributed by atoms with Crippen LogP contribution in [0.2, 0.25) is 0 Å². The number of nitrogens with one attached hydrogen (secondary N) is 2. The van der Waals surface area contributed by atoms with Crippen molar-refractivity contribution in [2.45, 2.75) is 51.0 Å². The highest BCUT2D eigenvalue weighted by atomic mass is 19.1. The van der Waals surface area contributed by atoms with Crippen LogP contribution in [0.1, 0.15) is 50.3 Å². The van der Waals surface area contributed by atoms with Crippen LogP contribution in [0.3, 0.4) is 0 Å². The van der Waals surface area contributed by atoms with Crippen molar-refractivity contribution in [3.8, 4) is 11.3 Å². The summed E-state index contributed by atoms with van der Waals surface area (Å²) in [5.41, 5.74) is 8.89. The van der Waals surface area contributed by atoms with Gasteiger partial charge in [-0.3, -0.25) is 9.59 Å². The molecule has 1 saturated carbocycles. The van der Waals surface area contributed by atoms with E-state index in [1.54, 1.807) is 12.1 Å². The van der Waals surface area contributed by atoms with Crippen molar-refractivity contribution >= 4 is 11.8 Å². The molecule has 0 unspecified atom stereocenters. The fourth-order valence-electron chi connectivity index (χ4n) is 3.52. The molecular weight excluding hydrogens is 373 g/mol. The van der Waals surface area contributed by atoms with Crippen molar-refractivity contribution in [1.29, 1.82) is 0 Å². The highest BCUT2D eigenvalue weighted by molar-refractivity contribution is 5.77. The first kappa shape index (κ1) is 21.0. The third kappa shape index (κ3) is 5.44. The molecule has 29 heavy (non-hydrogen) atoms. The predicted molar refractivity (Wildman–Crippen MR) is 108 cm³/mol. The summed E-state index contributed by atoms with van der Waals surface area (Å²) in [6.45, 7) is 3.53. The number of aryl methyl sites for hydroxylation is 1. The molecule has 1 aromatic carbocycles. The van der Waals surface area contributed by atoms with Gasteiger partial charge in [0.15, 0.2) is 0 Å². The zero-order valence-electron chi connectivity index (χ0n) is 16.7. The Bertz CT molecular complexity index is 849. The van der Waals surface area contributed by atoms with Crippen molar-refractivity contribution < 1.29 is 18.7 Å². The maximum atomic E-state index is 13.2. The standard InChI is InChI=1S/C18H21FN2O2.C4H7NO/c1-2-23-18(9-10-18)15-11-13(5-8-16(20)22)17(21-15)12-3-6-14(19)7-4-12;6-4-2-1-3-5-4/h3-4,6-7,11,21H,2,5,8-10H2,1H3,(H2,20,22);1-3H2,(H,5,6). The molecule has 6 nitrogen and oxygen atoms in total. The van der Waals surface area contributed by atoms with E-state index < -0.39 is 0 Å². The van der Waals surface area contributed by atoms with Crippen molar-refractivity contribution in [3.63, 3.8) is 0 Å². The molecule has 0 atom stereocenters. The van der Waals surface area contributed by atoms with E-state index >= 15 is 0 Å². The first-order chi connectivity index (χ1) is 13.9. The monoisotopic (exact) mass is 401 g/mol. The summed E-state index contributed by atoms with van der Waals surface area (Å²) >= 11 is 0. The molecule has 1 saturated heterocycles. The lowest BCUT2D eigenvalue weighted by molar-refractivity contribution is -0.119. The van der Waals surface area contributed by atoms with Gasteiger partial charge in [0, 0.05) is 37.4 Å². The molecule has 2 aliphatic rings. The molecule has 2 fully saturated rings. The SMILES string of the molecule is CCOC1(c2cc(CCC(N)=O)c(-c3ccc(F)cc3)[nH]2)CC1.O=C1CCCN1. The smallest absolute Gasteiger partial charge is 0.220 e. The van der Waals surface area contributed by atoms with E-state index in [4.69, 9.17) is 10.5 Å². The molecule has 0 spiro atoms. The Morgan fingerprint density at radius 2 is 2.00 bits per heavy atom. The maximum Gasteiger partial charge on any atom is 0.220 e. The zero-order chi connectivity index (χ0) is 20.9. The minimum absolute atomic E-state index is 0.204. The number of primary amides is 1. The minimum Gasteiger partial charge on any atom is -0.370 e. The van der Waals surface area contributed by atoms with Gasteiger partial charge in [-0.2, -0.15) is 0 Å². The number of hydrogen-bond donors (Lipinski definition) is 3. The number of aromatic amines is 1. The molecule has 1 aliphatic heterocycles. The maximum absolute atomic E-state index is 13.2. The highest BCUT2D eigenvalue weighted by Crippen LogP contribution is 2.49. The van der Waals surface area contributed by atoms with Crippen LogP contribution in [-0.4, -0.2) is 29.9 Å². The molecule has 156 valence electrons. The molecule has 4 N–H and O–H groups in total. The Labute approximate surface area is 170 Å². The largest absolute Gasteiger partial charge is 0.370 e. The second-order valence-corrected chi connectivity index (χ2v) is 7.44. The van der Waals surface area contributed by atoms with E-state index in [0.717, 1.165) is 54.7 Å². The van der Waals surface area contributed by atoms with Gasteiger partial charge in [-0.1, -0.05) is 0 Å². The van der Waals surface area contributed by atoms with Crippen LogP contribution in [0, 0.1) is 5.82 Å². The lowest BCUT2D eigenvalue weighted by Gasteiger charge is -2.13. The highest BCUT2D eigenvalue weighted by Gasteiger charge is 2.47. The van der Waals surface area contributed by atoms with Crippen molar-refractivity contribution in [1.82, 2.24) is 10.3 Å². The number of rotatable bonds is 7. The van der Waals surface area contributed by atoms with Gasteiger partial charge in [0.05, 0.1) is 0 Å². The van der Waals surface area contributed by atoms with Crippen LogP contribution < -0.4 is 11.1 Å². The van der Waals surface area contributed by atoms with Gasteiger partial charge in [-0.05, 0) is 74.1 Å². The van der Waals surface area contributed by atoms with Crippen LogP contribution in [-0.2, 0) is 26.3 Å². The summed E-state index contributed by atoms with van der Waals surface area (Å²) in [6.07, 6.45) is 4.58. The first-order valence-corrected chi connectivity index (χ1v) is 10.1. The number of carbonyl (C=O) groups excluding carboxylic acids is 2. The molecule has 7 heteroatoms. The lowest BCUT2D eigenvalue weighted by Crippen LogP contribution is -2.12. The van der Waals surface area contributed by atoms with Gasteiger partial charge in [0.1, 0.15) is 11.4 Å². The Hall–Kier alpha value is -2.67. The second kappa shape index (κ2) is 9.22. The minimum atomic E-state index is -0.330. The van der Waals surface area contributed by atoms with Gasteiger partial charge in [-0.15, -0.1) is 0 Å². The predicted octanol–water partition coefficient (Wildman–Crippen LogP) is 3.16. The van der Waals surface area contributed by atoms with Gasteiger partial charge in [0.25, 0.3) is 0 Å². The van der Waals surface area contributed by atoms with Crippen LogP contribution in [0.15, 0.2) is 30.3 Å². The van der Waals surface area contributed by atoms with Crippen LogP contribution >= 0.6 is 0 Å². The number of halogens is 1. The summed E-state index contributed by atoms with van der Waals surface area (Å²) < 4.78 is 19.1. The number of aromatic nitrogens is 1. The van der Waals surface area contributed by atoms with E-state index in [9.17, 15) is 14.0 Å². The first-order valence-electron chi connectivity index (χ1n) is 10.1. The fourth-order valence-corrected chi connectivity index (χ4v) is 3.52. The summed E-state index contributed by atoms with van der Waals surface area (Å²) in [5, 5.41) is 2.68. The zero-order valence-corrected chi connectivity index (χ0v) is 16.7. The summed E-state index contributed by atoms with van der Waals surface area (Å²) in [7, 11) is 0. The van der Waals surface area contributed by atoms with Gasteiger partial charge >= 0.3 is 0 Å². The number of nitrogens with two attached hydrogens (primary N) is 1. The van der Waals surface area contributed by atoms with Crippen LogP contribution in [0.5, 0.6) is 0 Å². The van der Waals surface area contributed by atoms with Gasteiger partial charge in [0.2, 0.25) is 11.8 Å². The average Bonchev–Trinajstić information content (AvgIpc) is 3.11. The fraction of sp³-hybridized carbons (Fsp3) is 0.455. The number of hydrogen-bond acceptors (Lipinski definition) is 3. The summed E-state index contributed by atoms with van der Waals surface area (Å²) in [6, 6.07) is 8.40. The Balaban J connectivity index is 0.000000343. The van der Waals surface area contributed by atoms with Gasteiger partial charge in [-0.25, -0.2) is 4.39 Å². The lowest BCUT2D eigenvalue weighted by atomic mass is 10.0. The van der Waals surface area contributed by atoms with Gasteiger partial charge < -0.3 is 20.8 Å². The molecule has 4 rings (SSSR count). The topological polar surface area (TPSA) is 97.2 Å². The Kier molecular flexibility index (Phi) is 6.69. The third-order valence-electron chi connectivity index (χ3n) is 5.19. The number of H-pyrrole nitrogens is 1. The molecule has 1 aromatic heterocycles. The quantitative estimate of drug-likeness (QED) is 0.665. The van der Waals surface area contributed by atoms with E-state index in [2.05, 4.69) is 16.4 Å². The number of benzene rings is 1. The summed E-state index contributed by atoms with van der Waals surface area (Å²) in [4.78, 5) is 24.7. The molecule has 2 amide bonds. The van der Waals surface area contributed by atoms with Crippen molar-refractivity contribution in [2.75, 3.05) is 13.2 Å². The molecule has 1 aliphatic carbocycles. The number of amides is 2. The van der Waals surface area contributed by atoms with E-state index in [0.29, 0.717) is 13.0 Å². The van der Waals surface area contributed by atoms with E-state index in [-0.39, 0.29) is 29.7 Å². The number of carbonyl (C=O) groups is 2. The Morgan fingerprint density at radius 1 is 1.28 bits per heavy atom. The molecular formula is C22H28FN3O3. The molecule has 0 bridgehead atoms. The molecule has 0 radical (unpaired) electrons. The Morgan fingerprint density at radius 3 is 2.48 bits per heavy atom. The summed E-state index contributed by atoms with van der Waals surface area (Å²) in [5.74, 6) is -0.397. The second-order valence-electron chi connectivity index (χ2n) is 7.44. The normalized spacial score (nSPS) is 16.7. The van der Waals surface area contributed by atoms with Crippen molar-refractivity contribution in [3.05, 3.63) is 47.4 Å². The third-order valence-corrected chi connectivity index (χ3v) is 5.19.